The van der Waals surface area contributed by atoms with Crippen LogP contribution in [0.1, 0.15) is 50.1 Å². The molecule has 1 aliphatic heterocycles. The highest BCUT2D eigenvalue weighted by Crippen LogP contribution is 2.32. The monoisotopic (exact) mass is 310 g/mol. The highest BCUT2D eigenvalue weighted by Gasteiger charge is 2.24. The minimum atomic E-state index is 0.495. The minimum Gasteiger partial charge on any atom is -0.348 e. The van der Waals surface area contributed by atoms with Gasteiger partial charge in [-0.2, -0.15) is 0 Å². The van der Waals surface area contributed by atoms with E-state index in [1.165, 1.54) is 41.6 Å². The fourth-order valence-corrected chi connectivity index (χ4v) is 4.07. The Hall–Kier alpha value is -0.650. The number of rotatable bonds is 6. The van der Waals surface area contributed by atoms with Crippen molar-refractivity contribution in [1.82, 2.24) is 15.2 Å². The topological polar surface area (TPSA) is 31.4 Å². The summed E-state index contributed by atoms with van der Waals surface area (Å²) in [7, 11) is 4.43. The molecule has 1 fully saturated rings. The van der Waals surface area contributed by atoms with Crippen molar-refractivity contribution in [3.05, 3.63) is 10.6 Å². The van der Waals surface area contributed by atoms with Crippen molar-refractivity contribution in [1.29, 1.82) is 0 Å². The molecular weight excluding hydrogens is 280 g/mol. The molecule has 21 heavy (non-hydrogen) atoms. The maximum absolute atomic E-state index is 4.95. The van der Waals surface area contributed by atoms with Gasteiger partial charge in [0.05, 0.1) is 5.69 Å². The van der Waals surface area contributed by atoms with Crippen LogP contribution in [0.3, 0.4) is 0 Å². The summed E-state index contributed by atoms with van der Waals surface area (Å²) in [6.45, 7) is 11.0. The standard InChI is InChI=1S/C16H30N4S/c1-6-17-11-14-15(12(2)3)18-16(21-14)20(5)13-7-9-19(4)10-8-13/h12-13,17H,6-11H2,1-5H3. The van der Waals surface area contributed by atoms with Crippen molar-refractivity contribution < 1.29 is 0 Å². The van der Waals surface area contributed by atoms with Crippen LogP contribution in [0, 0.1) is 0 Å². The third-order valence-electron chi connectivity index (χ3n) is 4.34. The smallest absolute Gasteiger partial charge is 0.185 e. The van der Waals surface area contributed by atoms with Gasteiger partial charge in [0.2, 0.25) is 0 Å². The highest BCUT2D eigenvalue weighted by atomic mass is 32.1. The molecule has 0 spiro atoms. The van der Waals surface area contributed by atoms with E-state index in [4.69, 9.17) is 4.98 Å². The third kappa shape index (κ3) is 4.18. The van der Waals surface area contributed by atoms with Crippen molar-refractivity contribution in [2.75, 3.05) is 38.6 Å². The van der Waals surface area contributed by atoms with Crippen LogP contribution in [-0.2, 0) is 6.54 Å². The molecule has 1 saturated heterocycles. The molecule has 120 valence electrons. The summed E-state index contributed by atoms with van der Waals surface area (Å²) in [6, 6.07) is 0.638. The predicted molar refractivity (Wildman–Crippen MR) is 92.5 cm³/mol. The molecule has 0 atom stereocenters. The molecule has 1 aromatic rings. The summed E-state index contributed by atoms with van der Waals surface area (Å²) in [5, 5.41) is 4.64. The first-order valence-corrected chi connectivity index (χ1v) is 8.96. The van der Waals surface area contributed by atoms with Gasteiger partial charge in [-0.15, -0.1) is 11.3 Å². The summed E-state index contributed by atoms with van der Waals surface area (Å²) < 4.78 is 0. The summed E-state index contributed by atoms with van der Waals surface area (Å²) in [5.74, 6) is 0.495. The van der Waals surface area contributed by atoms with E-state index in [0.717, 1.165) is 13.1 Å². The van der Waals surface area contributed by atoms with Gasteiger partial charge in [0.1, 0.15) is 0 Å². The average molecular weight is 311 g/mol. The van der Waals surface area contributed by atoms with Crippen molar-refractivity contribution in [3.63, 3.8) is 0 Å². The molecule has 0 aromatic carbocycles. The van der Waals surface area contributed by atoms with Crippen LogP contribution in [0.5, 0.6) is 0 Å². The van der Waals surface area contributed by atoms with Gasteiger partial charge < -0.3 is 15.1 Å². The molecule has 1 N–H and O–H groups in total. The van der Waals surface area contributed by atoms with E-state index < -0.39 is 0 Å². The molecule has 1 aromatic heterocycles. The Morgan fingerprint density at radius 3 is 2.62 bits per heavy atom. The predicted octanol–water partition coefficient (Wildman–Crippen LogP) is 2.91. The third-order valence-corrected chi connectivity index (χ3v) is 5.50. The zero-order valence-corrected chi connectivity index (χ0v) is 15.0. The lowest BCUT2D eigenvalue weighted by Gasteiger charge is -2.34. The van der Waals surface area contributed by atoms with E-state index in [-0.39, 0.29) is 0 Å². The Morgan fingerprint density at radius 2 is 2.05 bits per heavy atom. The SMILES string of the molecule is CCNCc1sc(N(C)C2CCN(C)CC2)nc1C(C)C. The van der Waals surface area contributed by atoms with Crippen molar-refractivity contribution in [2.24, 2.45) is 0 Å². The van der Waals surface area contributed by atoms with E-state index in [2.05, 4.69) is 50.0 Å². The van der Waals surface area contributed by atoms with Gasteiger partial charge in [-0.05, 0) is 45.4 Å². The maximum atomic E-state index is 4.95. The molecule has 0 bridgehead atoms. The highest BCUT2D eigenvalue weighted by molar-refractivity contribution is 7.15. The summed E-state index contributed by atoms with van der Waals surface area (Å²) in [4.78, 5) is 11.2. The number of piperidine rings is 1. The van der Waals surface area contributed by atoms with Crippen molar-refractivity contribution >= 4 is 16.5 Å². The lowest BCUT2D eigenvalue weighted by molar-refractivity contribution is 0.253. The molecule has 2 rings (SSSR count). The van der Waals surface area contributed by atoms with Gasteiger partial charge in [-0.25, -0.2) is 4.98 Å². The van der Waals surface area contributed by atoms with Crippen molar-refractivity contribution in [3.8, 4) is 0 Å². The number of anilines is 1. The lowest BCUT2D eigenvalue weighted by Crippen LogP contribution is -2.41. The normalized spacial score (nSPS) is 17.6. The fraction of sp³-hybridized carbons (Fsp3) is 0.812. The maximum Gasteiger partial charge on any atom is 0.185 e. The summed E-state index contributed by atoms with van der Waals surface area (Å²) in [6.07, 6.45) is 2.48. The van der Waals surface area contributed by atoms with Crippen LogP contribution in [0.4, 0.5) is 5.13 Å². The first kappa shape index (κ1) is 16.7. The van der Waals surface area contributed by atoms with E-state index in [1.54, 1.807) is 0 Å². The van der Waals surface area contributed by atoms with Crippen LogP contribution >= 0.6 is 11.3 Å². The molecule has 0 unspecified atom stereocenters. The van der Waals surface area contributed by atoms with Gasteiger partial charge in [0.25, 0.3) is 0 Å². The zero-order chi connectivity index (χ0) is 15.4. The second-order valence-electron chi connectivity index (χ2n) is 6.39. The largest absolute Gasteiger partial charge is 0.348 e. The molecule has 0 saturated carbocycles. The number of hydrogen-bond donors (Lipinski definition) is 1. The summed E-state index contributed by atoms with van der Waals surface area (Å²) >= 11 is 1.87. The molecule has 1 aliphatic rings. The van der Waals surface area contributed by atoms with Gasteiger partial charge in [0.15, 0.2) is 5.13 Å². The second kappa shape index (κ2) is 7.56. The molecule has 0 radical (unpaired) electrons. The minimum absolute atomic E-state index is 0.495. The number of likely N-dealkylation sites (tertiary alicyclic amines) is 1. The van der Waals surface area contributed by atoms with Crippen LogP contribution in [0.25, 0.3) is 0 Å². The van der Waals surface area contributed by atoms with E-state index in [1.807, 2.05) is 11.3 Å². The molecule has 2 heterocycles. The first-order valence-electron chi connectivity index (χ1n) is 8.14. The summed E-state index contributed by atoms with van der Waals surface area (Å²) in [5.41, 5.74) is 1.27. The van der Waals surface area contributed by atoms with Crippen LogP contribution in [-0.4, -0.2) is 49.7 Å². The number of nitrogens with one attached hydrogen (secondary N) is 1. The van der Waals surface area contributed by atoms with Gasteiger partial charge >= 0.3 is 0 Å². The molecule has 0 amide bonds. The average Bonchev–Trinajstić information content (AvgIpc) is 2.89. The molecular formula is C16H30N4S. The number of aromatic nitrogens is 1. The van der Waals surface area contributed by atoms with Crippen LogP contribution < -0.4 is 10.2 Å². The Kier molecular flexibility index (Phi) is 6.02. The Balaban J connectivity index is 2.11. The fourth-order valence-electron chi connectivity index (χ4n) is 2.86. The first-order chi connectivity index (χ1) is 10.0. The molecule has 0 aliphatic carbocycles. The van der Waals surface area contributed by atoms with Crippen LogP contribution in [0.2, 0.25) is 0 Å². The molecule has 4 nitrogen and oxygen atoms in total. The van der Waals surface area contributed by atoms with Gasteiger partial charge in [0, 0.05) is 24.5 Å². The Labute approximate surface area is 133 Å². The number of thiazole rings is 1. The quantitative estimate of drug-likeness (QED) is 0.875. The second-order valence-corrected chi connectivity index (χ2v) is 7.45. The Bertz CT molecular complexity index is 435. The zero-order valence-electron chi connectivity index (χ0n) is 14.1. The van der Waals surface area contributed by atoms with Crippen LogP contribution in [0.15, 0.2) is 0 Å². The van der Waals surface area contributed by atoms with Crippen molar-refractivity contribution in [2.45, 2.75) is 52.1 Å². The van der Waals surface area contributed by atoms with Gasteiger partial charge in [-0.3, -0.25) is 0 Å². The molecule has 5 heteroatoms. The van der Waals surface area contributed by atoms with E-state index >= 15 is 0 Å². The number of hydrogen-bond acceptors (Lipinski definition) is 5. The van der Waals surface area contributed by atoms with Gasteiger partial charge in [-0.1, -0.05) is 20.8 Å². The van der Waals surface area contributed by atoms with E-state index in [9.17, 15) is 0 Å². The lowest BCUT2D eigenvalue weighted by atomic mass is 10.0. The number of nitrogens with zero attached hydrogens (tertiary/aromatic N) is 3. The Morgan fingerprint density at radius 1 is 1.38 bits per heavy atom. The van der Waals surface area contributed by atoms with E-state index in [0.29, 0.717) is 12.0 Å².